The van der Waals surface area contributed by atoms with Gasteiger partial charge >= 0.3 is 0 Å². The van der Waals surface area contributed by atoms with Crippen LogP contribution in [0.3, 0.4) is 0 Å². The Balaban J connectivity index is 1.41. The van der Waals surface area contributed by atoms with Crippen molar-refractivity contribution >= 4 is 23.1 Å². The van der Waals surface area contributed by atoms with Crippen molar-refractivity contribution in [3.8, 4) is 11.3 Å². The van der Waals surface area contributed by atoms with E-state index in [1.807, 2.05) is 30.3 Å². The van der Waals surface area contributed by atoms with Gasteiger partial charge < -0.3 is 15.5 Å². The van der Waals surface area contributed by atoms with Crippen LogP contribution in [-0.2, 0) is 0 Å². The average Bonchev–Trinajstić information content (AvgIpc) is 3.27. The van der Waals surface area contributed by atoms with Crippen LogP contribution >= 0.6 is 0 Å². The van der Waals surface area contributed by atoms with Crippen LogP contribution in [0, 0.1) is 0 Å². The lowest BCUT2D eigenvalue weighted by Crippen LogP contribution is -2.34. The van der Waals surface area contributed by atoms with Crippen LogP contribution in [0.15, 0.2) is 61.1 Å². The van der Waals surface area contributed by atoms with Crippen molar-refractivity contribution in [3.05, 3.63) is 66.6 Å². The zero-order valence-corrected chi connectivity index (χ0v) is 18.2. The Kier molecular flexibility index (Phi) is 6.66. The molecule has 0 fully saturated rings. The number of amides is 1. The molecule has 0 atom stereocenters. The molecule has 0 radical (unpaired) electrons. The number of likely N-dealkylation sites (N-methyl/N-ethyl adjacent to an activating group) is 1. The molecule has 0 aliphatic carbocycles. The van der Waals surface area contributed by atoms with Crippen molar-refractivity contribution < 1.29 is 4.79 Å². The predicted molar refractivity (Wildman–Crippen MR) is 124 cm³/mol. The number of carbonyl (C=O) groups is 1. The fraction of sp³-hybridized carbons (Fsp3) is 0.261. The van der Waals surface area contributed by atoms with Gasteiger partial charge in [0.1, 0.15) is 0 Å². The molecule has 3 heterocycles. The zero-order valence-electron chi connectivity index (χ0n) is 18.2. The first-order valence-corrected chi connectivity index (χ1v) is 10.7. The highest BCUT2D eigenvalue weighted by Crippen LogP contribution is 2.23. The summed E-state index contributed by atoms with van der Waals surface area (Å²) in [7, 11) is 0. The molecule has 1 aromatic carbocycles. The van der Waals surface area contributed by atoms with Crippen LogP contribution in [0.1, 0.15) is 24.2 Å². The summed E-state index contributed by atoms with van der Waals surface area (Å²) in [6.07, 6.45) is 5.12. The Labute approximate surface area is 186 Å². The maximum absolute atomic E-state index is 12.4. The van der Waals surface area contributed by atoms with Crippen molar-refractivity contribution in [2.45, 2.75) is 13.8 Å². The average molecular weight is 431 g/mol. The minimum absolute atomic E-state index is 0.0800. The van der Waals surface area contributed by atoms with Gasteiger partial charge in [-0.1, -0.05) is 13.8 Å². The molecule has 0 aliphatic heterocycles. The molecule has 0 aliphatic rings. The van der Waals surface area contributed by atoms with E-state index in [0.717, 1.165) is 42.1 Å². The van der Waals surface area contributed by atoms with Crippen molar-refractivity contribution in [1.29, 1.82) is 0 Å². The molecule has 9 heteroatoms. The van der Waals surface area contributed by atoms with E-state index in [4.69, 9.17) is 0 Å². The topological polar surface area (TPSA) is 100 Å². The van der Waals surface area contributed by atoms with E-state index in [2.05, 4.69) is 49.5 Å². The maximum Gasteiger partial charge on any atom is 0.251 e. The quantitative estimate of drug-likeness (QED) is 0.421. The molecule has 164 valence electrons. The number of carbonyl (C=O) groups excluding carboxylic acids is 1. The number of nitrogens with zero attached hydrogens (tertiary/aromatic N) is 6. The molecule has 3 aromatic heterocycles. The monoisotopic (exact) mass is 430 g/mol. The van der Waals surface area contributed by atoms with E-state index in [9.17, 15) is 4.79 Å². The molecule has 4 rings (SSSR count). The van der Waals surface area contributed by atoms with E-state index in [1.54, 1.807) is 35.4 Å². The van der Waals surface area contributed by atoms with Gasteiger partial charge in [-0.25, -0.2) is 9.97 Å². The molecule has 0 saturated carbocycles. The third kappa shape index (κ3) is 4.89. The number of hydrogen-bond acceptors (Lipinski definition) is 7. The van der Waals surface area contributed by atoms with Gasteiger partial charge in [-0.05, 0) is 55.6 Å². The number of rotatable bonds is 9. The molecule has 0 spiro atoms. The molecule has 9 nitrogen and oxygen atoms in total. The van der Waals surface area contributed by atoms with Crippen LogP contribution in [0.5, 0.6) is 0 Å². The summed E-state index contributed by atoms with van der Waals surface area (Å²) in [6, 6.07) is 12.9. The SMILES string of the molecule is CCN(CC)CCNC(=O)c1ccc(Nc2nccc(-c3cnn4ncccc34)n2)cc1. The predicted octanol–water partition coefficient (Wildman–Crippen LogP) is 3.00. The largest absolute Gasteiger partial charge is 0.351 e. The number of aromatic nitrogens is 5. The number of hydrogen-bond donors (Lipinski definition) is 2. The van der Waals surface area contributed by atoms with E-state index in [1.165, 1.54) is 0 Å². The smallest absolute Gasteiger partial charge is 0.251 e. The Morgan fingerprint density at radius 1 is 1.03 bits per heavy atom. The number of fused-ring (bicyclic) bond motifs is 1. The Morgan fingerprint density at radius 3 is 2.62 bits per heavy atom. The highest BCUT2D eigenvalue weighted by molar-refractivity contribution is 5.94. The lowest BCUT2D eigenvalue weighted by atomic mass is 10.2. The second kappa shape index (κ2) is 9.97. The molecule has 0 unspecified atom stereocenters. The normalized spacial score (nSPS) is 11.1. The summed E-state index contributed by atoms with van der Waals surface area (Å²) in [5.41, 5.74) is 3.90. The van der Waals surface area contributed by atoms with E-state index < -0.39 is 0 Å². The van der Waals surface area contributed by atoms with Crippen molar-refractivity contribution in [3.63, 3.8) is 0 Å². The van der Waals surface area contributed by atoms with Gasteiger partial charge in [0, 0.05) is 42.3 Å². The Morgan fingerprint density at radius 2 is 1.84 bits per heavy atom. The standard InChI is InChI=1S/C23H26N8O/c1-3-30(4-2)15-14-24-22(32)17-7-9-18(10-8-17)28-23-25-13-11-20(29-23)19-16-27-31-21(19)6-5-12-26-31/h5-13,16H,3-4,14-15H2,1-2H3,(H,24,32)(H,25,28,29). The van der Waals surface area contributed by atoms with E-state index in [-0.39, 0.29) is 5.91 Å². The van der Waals surface area contributed by atoms with Crippen LogP contribution in [0.2, 0.25) is 0 Å². The van der Waals surface area contributed by atoms with Crippen molar-refractivity contribution in [2.75, 3.05) is 31.5 Å². The van der Waals surface area contributed by atoms with Crippen molar-refractivity contribution in [1.82, 2.24) is 35.0 Å². The van der Waals surface area contributed by atoms with Gasteiger partial charge in [0.15, 0.2) is 0 Å². The molecular weight excluding hydrogens is 404 g/mol. The first-order valence-electron chi connectivity index (χ1n) is 10.7. The van der Waals surface area contributed by atoms with Gasteiger partial charge in [0.25, 0.3) is 5.91 Å². The minimum Gasteiger partial charge on any atom is -0.351 e. The fourth-order valence-electron chi connectivity index (χ4n) is 3.40. The summed E-state index contributed by atoms with van der Waals surface area (Å²) >= 11 is 0. The number of benzene rings is 1. The molecule has 32 heavy (non-hydrogen) atoms. The summed E-state index contributed by atoms with van der Waals surface area (Å²) < 4.78 is 1.57. The van der Waals surface area contributed by atoms with Crippen LogP contribution < -0.4 is 10.6 Å². The Hall–Kier alpha value is -3.85. The second-order valence-corrected chi connectivity index (χ2v) is 7.21. The summed E-state index contributed by atoms with van der Waals surface area (Å²) in [5, 5.41) is 14.6. The lowest BCUT2D eigenvalue weighted by molar-refractivity contribution is 0.0949. The number of anilines is 2. The van der Waals surface area contributed by atoms with Crippen molar-refractivity contribution in [2.24, 2.45) is 0 Å². The van der Waals surface area contributed by atoms with Gasteiger partial charge in [-0.3, -0.25) is 4.79 Å². The van der Waals surface area contributed by atoms with E-state index >= 15 is 0 Å². The first-order chi connectivity index (χ1) is 15.7. The van der Waals surface area contributed by atoms with Gasteiger partial charge in [-0.2, -0.15) is 14.8 Å². The van der Waals surface area contributed by atoms with Crippen LogP contribution in [-0.4, -0.2) is 61.8 Å². The highest BCUT2D eigenvalue weighted by Gasteiger charge is 2.10. The lowest BCUT2D eigenvalue weighted by Gasteiger charge is -2.18. The molecule has 4 aromatic rings. The van der Waals surface area contributed by atoms with Gasteiger partial charge in [-0.15, -0.1) is 0 Å². The molecule has 1 amide bonds. The first kappa shape index (κ1) is 21.4. The molecule has 0 saturated heterocycles. The van der Waals surface area contributed by atoms with Crippen LogP contribution in [0.4, 0.5) is 11.6 Å². The van der Waals surface area contributed by atoms with E-state index in [0.29, 0.717) is 18.1 Å². The molecule has 2 N–H and O–H groups in total. The molecular formula is C23H26N8O. The summed E-state index contributed by atoms with van der Waals surface area (Å²) in [6.45, 7) is 7.65. The zero-order chi connectivity index (χ0) is 22.3. The summed E-state index contributed by atoms with van der Waals surface area (Å²) in [5.74, 6) is 0.380. The molecule has 0 bridgehead atoms. The Bertz CT molecular complexity index is 1180. The minimum atomic E-state index is -0.0800. The maximum atomic E-state index is 12.4. The summed E-state index contributed by atoms with van der Waals surface area (Å²) in [4.78, 5) is 23.5. The number of nitrogens with one attached hydrogen (secondary N) is 2. The second-order valence-electron chi connectivity index (χ2n) is 7.21. The highest BCUT2D eigenvalue weighted by atomic mass is 16.1. The fourth-order valence-corrected chi connectivity index (χ4v) is 3.40. The van der Waals surface area contributed by atoms with Gasteiger partial charge in [0.2, 0.25) is 5.95 Å². The third-order valence-electron chi connectivity index (χ3n) is 5.25. The van der Waals surface area contributed by atoms with Crippen LogP contribution in [0.25, 0.3) is 16.8 Å². The third-order valence-corrected chi connectivity index (χ3v) is 5.25. The van der Waals surface area contributed by atoms with Gasteiger partial charge in [0.05, 0.1) is 17.4 Å².